The highest BCUT2D eigenvalue weighted by molar-refractivity contribution is 6.02. The van der Waals surface area contributed by atoms with Crippen LogP contribution in [0.5, 0.6) is 0 Å². The molecular formula is C17H12F3N3. The van der Waals surface area contributed by atoms with E-state index in [0.29, 0.717) is 16.5 Å². The molecule has 116 valence electrons. The molecule has 0 fully saturated rings. The monoisotopic (exact) mass is 315 g/mol. The molecule has 1 aromatic heterocycles. The number of nitrogens with one attached hydrogen (secondary N) is 1. The molecule has 0 aliphatic heterocycles. The Labute approximate surface area is 130 Å². The highest BCUT2D eigenvalue weighted by atomic mass is 19.4. The van der Waals surface area contributed by atoms with Gasteiger partial charge in [0.1, 0.15) is 0 Å². The molecule has 0 aliphatic rings. The summed E-state index contributed by atoms with van der Waals surface area (Å²) in [5.74, 6) is 0. The van der Waals surface area contributed by atoms with Crippen molar-refractivity contribution in [3.8, 4) is 11.1 Å². The number of nitrogens with two attached hydrogens (primary N) is 1. The summed E-state index contributed by atoms with van der Waals surface area (Å²) in [6, 6.07) is 10.6. The zero-order chi connectivity index (χ0) is 16.6. The molecular weight excluding hydrogens is 303 g/mol. The van der Waals surface area contributed by atoms with Crippen molar-refractivity contribution in [1.82, 2.24) is 4.98 Å². The molecule has 0 amide bonds. The minimum absolute atomic E-state index is 0.0780. The third-order valence-corrected chi connectivity index (χ3v) is 3.62. The van der Waals surface area contributed by atoms with Gasteiger partial charge >= 0.3 is 6.18 Å². The highest BCUT2D eigenvalue weighted by Crippen LogP contribution is 2.38. The number of hydrogen-bond donors (Lipinski definition) is 2. The fourth-order valence-corrected chi connectivity index (χ4v) is 2.56. The quantitative estimate of drug-likeness (QED) is 0.540. The van der Waals surface area contributed by atoms with Crippen LogP contribution in [0, 0.1) is 5.41 Å². The molecule has 0 spiro atoms. The van der Waals surface area contributed by atoms with E-state index >= 15 is 0 Å². The minimum Gasteiger partial charge on any atom is -0.398 e. The second-order valence-corrected chi connectivity index (χ2v) is 5.04. The molecule has 0 radical (unpaired) electrons. The van der Waals surface area contributed by atoms with Gasteiger partial charge in [0.15, 0.2) is 0 Å². The predicted octanol–water partition coefficient (Wildman–Crippen LogP) is 4.50. The lowest BCUT2D eigenvalue weighted by molar-refractivity contribution is -0.137. The van der Waals surface area contributed by atoms with E-state index in [2.05, 4.69) is 4.98 Å². The first-order valence-electron chi connectivity index (χ1n) is 6.77. The third-order valence-electron chi connectivity index (χ3n) is 3.62. The van der Waals surface area contributed by atoms with Crippen LogP contribution in [0.15, 0.2) is 48.7 Å². The van der Waals surface area contributed by atoms with Crippen molar-refractivity contribution in [1.29, 1.82) is 5.41 Å². The third kappa shape index (κ3) is 2.63. The Morgan fingerprint density at radius 2 is 1.83 bits per heavy atom. The minimum atomic E-state index is -4.51. The first-order chi connectivity index (χ1) is 10.9. The summed E-state index contributed by atoms with van der Waals surface area (Å²) in [5.41, 5.74) is 6.58. The van der Waals surface area contributed by atoms with Crippen LogP contribution in [0.3, 0.4) is 0 Å². The summed E-state index contributed by atoms with van der Waals surface area (Å²) in [6.07, 6.45) is -1.92. The van der Waals surface area contributed by atoms with Crippen molar-refractivity contribution in [2.24, 2.45) is 0 Å². The van der Waals surface area contributed by atoms with Crippen LogP contribution < -0.4 is 5.73 Å². The van der Waals surface area contributed by atoms with Crippen LogP contribution >= 0.6 is 0 Å². The summed E-state index contributed by atoms with van der Waals surface area (Å²) in [7, 11) is 0. The second-order valence-electron chi connectivity index (χ2n) is 5.04. The Balaban J connectivity index is 2.37. The Bertz CT molecular complexity index is 896. The van der Waals surface area contributed by atoms with E-state index < -0.39 is 11.7 Å². The van der Waals surface area contributed by atoms with Gasteiger partial charge in [-0.1, -0.05) is 18.2 Å². The van der Waals surface area contributed by atoms with Gasteiger partial charge in [0.05, 0.1) is 11.1 Å². The number of nitrogen functional groups attached to an aromatic ring is 1. The topological polar surface area (TPSA) is 62.8 Å². The molecule has 0 atom stereocenters. The molecule has 6 heteroatoms. The fourth-order valence-electron chi connectivity index (χ4n) is 2.56. The van der Waals surface area contributed by atoms with Crippen molar-refractivity contribution in [3.05, 3.63) is 59.8 Å². The van der Waals surface area contributed by atoms with E-state index in [1.165, 1.54) is 0 Å². The lowest BCUT2D eigenvalue weighted by Crippen LogP contribution is -2.08. The maximum Gasteiger partial charge on any atom is 0.416 e. The Kier molecular flexibility index (Phi) is 3.52. The van der Waals surface area contributed by atoms with Gasteiger partial charge < -0.3 is 11.1 Å². The number of nitrogens with zero attached hydrogens (tertiary/aromatic N) is 1. The lowest BCUT2D eigenvalue weighted by Gasteiger charge is -2.15. The SMILES string of the molecule is N=Cc1c(N)cc(C(F)(F)F)cc1-c1cccc2ncccc12. The van der Waals surface area contributed by atoms with Crippen LogP contribution in [-0.2, 0) is 6.18 Å². The number of alkyl halides is 3. The second kappa shape index (κ2) is 5.39. The van der Waals surface area contributed by atoms with E-state index in [0.717, 1.165) is 18.3 Å². The molecule has 0 bridgehead atoms. The molecule has 3 aromatic rings. The van der Waals surface area contributed by atoms with Gasteiger partial charge in [-0.05, 0) is 35.4 Å². The summed E-state index contributed by atoms with van der Waals surface area (Å²) >= 11 is 0. The van der Waals surface area contributed by atoms with Crippen LogP contribution in [0.4, 0.5) is 18.9 Å². The van der Waals surface area contributed by atoms with Gasteiger partial charge in [0, 0.05) is 29.0 Å². The molecule has 23 heavy (non-hydrogen) atoms. The van der Waals surface area contributed by atoms with Crippen molar-refractivity contribution in [2.45, 2.75) is 6.18 Å². The van der Waals surface area contributed by atoms with Crippen molar-refractivity contribution >= 4 is 22.8 Å². The first kappa shape index (κ1) is 15.0. The van der Waals surface area contributed by atoms with E-state index in [9.17, 15) is 13.2 Å². The Morgan fingerprint density at radius 1 is 1.04 bits per heavy atom. The summed E-state index contributed by atoms with van der Waals surface area (Å²) in [5, 5.41) is 8.21. The van der Waals surface area contributed by atoms with Crippen molar-refractivity contribution in [3.63, 3.8) is 0 Å². The van der Waals surface area contributed by atoms with Gasteiger partial charge in [-0.3, -0.25) is 4.98 Å². The Hall–Kier alpha value is -2.89. The largest absolute Gasteiger partial charge is 0.416 e. The fraction of sp³-hybridized carbons (Fsp3) is 0.0588. The number of hydrogen-bond acceptors (Lipinski definition) is 3. The van der Waals surface area contributed by atoms with Gasteiger partial charge in [-0.2, -0.15) is 13.2 Å². The highest BCUT2D eigenvalue weighted by Gasteiger charge is 2.32. The number of halogens is 3. The van der Waals surface area contributed by atoms with Crippen LogP contribution in [0.25, 0.3) is 22.0 Å². The molecule has 0 unspecified atom stereocenters. The molecule has 0 saturated carbocycles. The standard InChI is InChI=1S/C17H12F3N3/c18-17(19,20)10-7-13(14(9-21)15(22)8-10)11-3-1-5-16-12(11)4-2-6-23-16/h1-9,21H,22H2. The number of fused-ring (bicyclic) bond motifs is 1. The normalized spacial score (nSPS) is 11.6. The number of benzene rings is 2. The van der Waals surface area contributed by atoms with E-state index in [1.807, 2.05) is 0 Å². The number of rotatable bonds is 2. The summed E-state index contributed by atoms with van der Waals surface area (Å²) in [4.78, 5) is 4.21. The molecule has 3 rings (SSSR count). The smallest absolute Gasteiger partial charge is 0.398 e. The Morgan fingerprint density at radius 3 is 2.52 bits per heavy atom. The van der Waals surface area contributed by atoms with Crippen LogP contribution in [-0.4, -0.2) is 11.2 Å². The number of aromatic nitrogens is 1. The number of anilines is 1. The zero-order valence-electron chi connectivity index (χ0n) is 11.9. The molecule has 2 aromatic carbocycles. The van der Waals surface area contributed by atoms with Gasteiger partial charge in [0.25, 0.3) is 0 Å². The molecule has 0 saturated heterocycles. The van der Waals surface area contributed by atoms with Crippen LogP contribution in [0.2, 0.25) is 0 Å². The summed E-state index contributed by atoms with van der Waals surface area (Å²) in [6.45, 7) is 0. The maximum absolute atomic E-state index is 13.1. The maximum atomic E-state index is 13.1. The molecule has 3 nitrogen and oxygen atoms in total. The van der Waals surface area contributed by atoms with Gasteiger partial charge in [0.2, 0.25) is 0 Å². The molecule has 1 heterocycles. The van der Waals surface area contributed by atoms with Crippen molar-refractivity contribution in [2.75, 3.05) is 5.73 Å². The van der Waals surface area contributed by atoms with E-state index in [1.54, 1.807) is 36.5 Å². The zero-order valence-corrected chi connectivity index (χ0v) is 11.9. The van der Waals surface area contributed by atoms with E-state index in [4.69, 9.17) is 11.1 Å². The average molecular weight is 315 g/mol. The van der Waals surface area contributed by atoms with Crippen LogP contribution in [0.1, 0.15) is 11.1 Å². The lowest BCUT2D eigenvalue weighted by atomic mass is 9.93. The number of pyridine rings is 1. The summed E-state index contributed by atoms with van der Waals surface area (Å²) < 4.78 is 39.3. The molecule has 0 aliphatic carbocycles. The van der Waals surface area contributed by atoms with Gasteiger partial charge in [-0.25, -0.2) is 0 Å². The van der Waals surface area contributed by atoms with Crippen molar-refractivity contribution < 1.29 is 13.2 Å². The average Bonchev–Trinajstić information content (AvgIpc) is 2.52. The van der Waals surface area contributed by atoms with Gasteiger partial charge in [-0.15, -0.1) is 0 Å². The predicted molar refractivity (Wildman–Crippen MR) is 84.5 cm³/mol. The first-order valence-corrected chi connectivity index (χ1v) is 6.77. The molecule has 3 N–H and O–H groups in total. The van der Waals surface area contributed by atoms with E-state index in [-0.39, 0.29) is 16.8 Å².